The molecular formula is C17H27N3O3S. The lowest BCUT2D eigenvalue weighted by atomic mass is 10.0. The third kappa shape index (κ3) is 5.58. The van der Waals surface area contributed by atoms with E-state index in [1.165, 1.54) is 6.92 Å². The topological polar surface area (TPSA) is 70.7 Å². The molecule has 2 heterocycles. The van der Waals surface area contributed by atoms with Crippen LogP contribution in [0.3, 0.4) is 0 Å². The number of nitrogens with one attached hydrogen (secondary N) is 2. The number of amides is 2. The zero-order valence-electron chi connectivity index (χ0n) is 14.6. The zero-order valence-corrected chi connectivity index (χ0v) is 15.4. The van der Waals surface area contributed by atoms with Crippen LogP contribution in [0.25, 0.3) is 0 Å². The quantitative estimate of drug-likeness (QED) is 0.780. The van der Waals surface area contributed by atoms with Gasteiger partial charge < -0.3 is 15.4 Å². The van der Waals surface area contributed by atoms with Crippen molar-refractivity contribution in [2.24, 2.45) is 0 Å². The molecule has 2 amide bonds. The smallest absolute Gasteiger partial charge is 0.222 e. The van der Waals surface area contributed by atoms with Gasteiger partial charge in [-0.15, -0.1) is 11.3 Å². The van der Waals surface area contributed by atoms with Crippen LogP contribution in [-0.4, -0.2) is 55.1 Å². The first-order chi connectivity index (χ1) is 11.4. The molecule has 134 valence electrons. The minimum absolute atomic E-state index is 0.0523. The molecule has 2 N–H and O–H groups in total. The Kier molecular flexibility index (Phi) is 6.77. The molecule has 0 bridgehead atoms. The highest BCUT2D eigenvalue weighted by atomic mass is 32.1. The Hall–Kier alpha value is -1.44. The molecule has 1 aliphatic heterocycles. The van der Waals surface area contributed by atoms with Crippen LogP contribution in [0.1, 0.15) is 38.1 Å². The maximum absolute atomic E-state index is 12.4. The van der Waals surface area contributed by atoms with Crippen LogP contribution in [-0.2, 0) is 14.3 Å². The molecule has 1 atom stereocenters. The van der Waals surface area contributed by atoms with Crippen molar-refractivity contribution in [3.63, 3.8) is 0 Å². The van der Waals surface area contributed by atoms with Crippen LogP contribution in [0.4, 0.5) is 0 Å². The van der Waals surface area contributed by atoms with E-state index in [0.717, 1.165) is 31.2 Å². The van der Waals surface area contributed by atoms with Gasteiger partial charge in [0.2, 0.25) is 11.8 Å². The molecule has 1 saturated heterocycles. The monoisotopic (exact) mass is 353 g/mol. The minimum atomic E-state index is -0.269. The lowest BCUT2D eigenvalue weighted by molar-refractivity contribution is -0.123. The van der Waals surface area contributed by atoms with E-state index in [1.54, 1.807) is 11.3 Å². The van der Waals surface area contributed by atoms with Crippen molar-refractivity contribution in [1.82, 2.24) is 15.5 Å². The molecule has 1 aromatic heterocycles. The second-order valence-corrected chi connectivity index (χ2v) is 7.64. The minimum Gasteiger partial charge on any atom is -0.379 e. The Bertz CT molecular complexity index is 539. The van der Waals surface area contributed by atoms with Gasteiger partial charge in [-0.05, 0) is 25.3 Å². The van der Waals surface area contributed by atoms with E-state index < -0.39 is 0 Å². The van der Waals surface area contributed by atoms with Crippen molar-refractivity contribution in [1.29, 1.82) is 0 Å². The van der Waals surface area contributed by atoms with Crippen molar-refractivity contribution in [3.8, 4) is 0 Å². The van der Waals surface area contributed by atoms with E-state index in [0.29, 0.717) is 6.54 Å². The van der Waals surface area contributed by atoms with Crippen LogP contribution in [0, 0.1) is 0 Å². The van der Waals surface area contributed by atoms with Crippen LogP contribution in [0.15, 0.2) is 17.5 Å². The Labute approximate surface area is 147 Å². The van der Waals surface area contributed by atoms with E-state index in [9.17, 15) is 9.59 Å². The molecule has 0 spiro atoms. The van der Waals surface area contributed by atoms with E-state index in [4.69, 9.17) is 4.74 Å². The van der Waals surface area contributed by atoms with Crippen molar-refractivity contribution in [3.05, 3.63) is 22.4 Å². The van der Waals surface area contributed by atoms with Crippen molar-refractivity contribution in [2.75, 3.05) is 32.8 Å². The molecule has 1 fully saturated rings. The van der Waals surface area contributed by atoms with Gasteiger partial charge in [0, 0.05) is 37.0 Å². The van der Waals surface area contributed by atoms with Gasteiger partial charge in [0.15, 0.2) is 0 Å². The molecule has 6 nitrogen and oxygen atoms in total. The van der Waals surface area contributed by atoms with Gasteiger partial charge in [0.25, 0.3) is 0 Å². The first kappa shape index (κ1) is 18.9. The molecule has 0 radical (unpaired) electrons. The van der Waals surface area contributed by atoms with E-state index in [1.807, 2.05) is 17.5 Å². The van der Waals surface area contributed by atoms with Crippen molar-refractivity contribution < 1.29 is 14.3 Å². The third-order valence-electron chi connectivity index (χ3n) is 4.24. The second-order valence-electron chi connectivity index (χ2n) is 6.66. The first-order valence-electron chi connectivity index (χ1n) is 8.28. The average molecular weight is 353 g/mol. The number of ether oxygens (including phenoxy) is 1. The van der Waals surface area contributed by atoms with E-state index in [-0.39, 0.29) is 29.8 Å². The summed E-state index contributed by atoms with van der Waals surface area (Å²) in [6, 6.07) is 3.60. The molecule has 2 rings (SSSR count). The average Bonchev–Trinajstić information content (AvgIpc) is 3.07. The molecule has 7 heteroatoms. The van der Waals surface area contributed by atoms with E-state index in [2.05, 4.69) is 29.4 Å². The maximum Gasteiger partial charge on any atom is 0.222 e. The van der Waals surface area contributed by atoms with Crippen molar-refractivity contribution >= 4 is 23.2 Å². The largest absolute Gasteiger partial charge is 0.379 e. The van der Waals surface area contributed by atoms with Crippen LogP contribution < -0.4 is 10.6 Å². The van der Waals surface area contributed by atoms with Crippen LogP contribution >= 0.6 is 11.3 Å². The summed E-state index contributed by atoms with van der Waals surface area (Å²) in [5.41, 5.74) is -0.119. The van der Waals surface area contributed by atoms with Gasteiger partial charge in [0.1, 0.15) is 0 Å². The Morgan fingerprint density at radius 1 is 1.38 bits per heavy atom. The SMILES string of the molecule is CC(=O)NC(CC(=O)NCC(C)(C)N1CCOCC1)c1cccs1. The summed E-state index contributed by atoms with van der Waals surface area (Å²) >= 11 is 1.54. The summed E-state index contributed by atoms with van der Waals surface area (Å²) in [4.78, 5) is 27.1. The number of thiophene rings is 1. The van der Waals surface area contributed by atoms with Gasteiger partial charge in [-0.3, -0.25) is 14.5 Å². The highest BCUT2D eigenvalue weighted by molar-refractivity contribution is 7.10. The molecule has 0 aromatic carbocycles. The third-order valence-corrected chi connectivity index (χ3v) is 5.22. The molecule has 0 saturated carbocycles. The van der Waals surface area contributed by atoms with Gasteiger partial charge in [-0.2, -0.15) is 0 Å². The summed E-state index contributed by atoms with van der Waals surface area (Å²) in [6.45, 7) is 9.54. The second kappa shape index (κ2) is 8.60. The highest BCUT2D eigenvalue weighted by Crippen LogP contribution is 2.22. The number of hydrogen-bond donors (Lipinski definition) is 2. The van der Waals surface area contributed by atoms with E-state index >= 15 is 0 Å². The Morgan fingerprint density at radius 3 is 2.67 bits per heavy atom. The van der Waals surface area contributed by atoms with Crippen LogP contribution in [0.5, 0.6) is 0 Å². The fourth-order valence-electron chi connectivity index (χ4n) is 2.81. The molecule has 0 aliphatic carbocycles. The molecule has 24 heavy (non-hydrogen) atoms. The lowest BCUT2D eigenvalue weighted by Crippen LogP contribution is -2.55. The predicted molar refractivity (Wildman–Crippen MR) is 95.0 cm³/mol. The molecule has 1 unspecified atom stereocenters. The Balaban J connectivity index is 1.87. The van der Waals surface area contributed by atoms with Crippen molar-refractivity contribution in [2.45, 2.75) is 38.8 Å². The fraction of sp³-hybridized carbons (Fsp3) is 0.647. The van der Waals surface area contributed by atoms with Gasteiger partial charge >= 0.3 is 0 Å². The lowest BCUT2D eigenvalue weighted by Gasteiger charge is -2.40. The fourth-order valence-corrected chi connectivity index (χ4v) is 3.59. The number of nitrogens with zero attached hydrogens (tertiary/aromatic N) is 1. The van der Waals surface area contributed by atoms with Crippen LogP contribution in [0.2, 0.25) is 0 Å². The maximum atomic E-state index is 12.4. The molecular weight excluding hydrogens is 326 g/mol. The molecule has 1 aromatic rings. The highest BCUT2D eigenvalue weighted by Gasteiger charge is 2.29. The number of carbonyl (C=O) groups is 2. The standard InChI is InChI=1S/C17H27N3O3S/c1-13(21)19-14(15-5-4-10-24-15)11-16(22)18-12-17(2,3)20-6-8-23-9-7-20/h4-5,10,14H,6-9,11-12H2,1-3H3,(H,18,22)(H,19,21). The van der Waals surface area contributed by atoms with Gasteiger partial charge in [-0.25, -0.2) is 0 Å². The predicted octanol–water partition coefficient (Wildman–Crippen LogP) is 1.54. The Morgan fingerprint density at radius 2 is 2.08 bits per heavy atom. The summed E-state index contributed by atoms with van der Waals surface area (Å²) < 4.78 is 5.38. The number of morpholine rings is 1. The molecule has 1 aliphatic rings. The van der Waals surface area contributed by atoms with Gasteiger partial charge in [0.05, 0.1) is 25.7 Å². The number of hydrogen-bond acceptors (Lipinski definition) is 5. The summed E-state index contributed by atoms with van der Waals surface area (Å²) in [6.07, 6.45) is 0.249. The summed E-state index contributed by atoms with van der Waals surface area (Å²) in [7, 11) is 0. The normalized spacial score (nSPS) is 17.3. The first-order valence-corrected chi connectivity index (χ1v) is 9.16. The number of rotatable bonds is 7. The number of carbonyl (C=O) groups excluding carboxylic acids is 2. The van der Waals surface area contributed by atoms with Gasteiger partial charge in [-0.1, -0.05) is 6.07 Å². The zero-order chi connectivity index (χ0) is 17.6. The summed E-state index contributed by atoms with van der Waals surface area (Å²) in [5, 5.41) is 7.82. The summed E-state index contributed by atoms with van der Waals surface area (Å²) in [5.74, 6) is -0.182.